The molecule has 0 aliphatic carbocycles. The van der Waals surface area contributed by atoms with Gasteiger partial charge in [0.2, 0.25) is 0 Å². The first-order chi connectivity index (χ1) is 12.6. The van der Waals surface area contributed by atoms with Crippen molar-refractivity contribution in [3.8, 4) is 23.3 Å². The normalized spacial score (nSPS) is 10.3. The van der Waals surface area contributed by atoms with Gasteiger partial charge in [0.15, 0.2) is 0 Å². The van der Waals surface area contributed by atoms with Crippen molar-refractivity contribution in [2.75, 3.05) is 0 Å². The van der Waals surface area contributed by atoms with E-state index in [1.54, 1.807) is 24.4 Å². The number of aliphatic hydroxyl groups excluding tert-OH is 1. The molecule has 128 valence electrons. The van der Waals surface area contributed by atoms with Gasteiger partial charge in [-0.05, 0) is 42.3 Å². The topological polar surface area (TPSA) is 85.6 Å². The van der Waals surface area contributed by atoms with Crippen LogP contribution in [0.3, 0.4) is 0 Å². The molecule has 26 heavy (non-hydrogen) atoms. The van der Waals surface area contributed by atoms with Gasteiger partial charge in [-0.1, -0.05) is 23.7 Å². The summed E-state index contributed by atoms with van der Waals surface area (Å²) < 4.78 is 1.90. The van der Waals surface area contributed by atoms with Crippen LogP contribution in [0.15, 0.2) is 42.6 Å². The predicted molar refractivity (Wildman–Crippen MR) is 98.3 cm³/mol. The molecule has 0 aliphatic rings. The zero-order valence-electron chi connectivity index (χ0n) is 14.1. The summed E-state index contributed by atoms with van der Waals surface area (Å²) in [6.45, 7) is 2.19. The summed E-state index contributed by atoms with van der Waals surface area (Å²) in [6, 6.07) is 15.3. The molecule has 0 unspecified atom stereocenters. The standard InChI is InChI=1S/C20H15ClN4O/c1-13-6-18(16-4-2-14(8-22)3-5-16)19(9-23)25(13)11-15-7-17(12-26)20(21)24-10-15/h2-7,10,26H,11-12H2,1H3. The lowest BCUT2D eigenvalue weighted by atomic mass is 10.0. The molecule has 6 heteroatoms. The Hall–Kier alpha value is -3.12. The van der Waals surface area contributed by atoms with E-state index in [2.05, 4.69) is 17.1 Å². The molecule has 2 aromatic heterocycles. The molecule has 5 nitrogen and oxygen atoms in total. The molecule has 1 N–H and O–H groups in total. The second kappa shape index (κ2) is 7.41. The van der Waals surface area contributed by atoms with E-state index in [9.17, 15) is 10.4 Å². The van der Waals surface area contributed by atoms with Crippen molar-refractivity contribution in [2.24, 2.45) is 0 Å². The largest absolute Gasteiger partial charge is 0.392 e. The van der Waals surface area contributed by atoms with Gasteiger partial charge in [0.25, 0.3) is 0 Å². The smallest absolute Gasteiger partial charge is 0.134 e. The summed E-state index contributed by atoms with van der Waals surface area (Å²) >= 11 is 5.94. The second-order valence-electron chi connectivity index (χ2n) is 5.89. The van der Waals surface area contributed by atoms with E-state index in [1.165, 1.54) is 0 Å². The molecular weight excluding hydrogens is 348 g/mol. The minimum absolute atomic E-state index is 0.189. The summed E-state index contributed by atoms with van der Waals surface area (Å²) in [5.41, 5.74) is 5.15. The number of pyridine rings is 1. The van der Waals surface area contributed by atoms with Crippen molar-refractivity contribution in [1.82, 2.24) is 9.55 Å². The number of aliphatic hydroxyl groups is 1. The van der Waals surface area contributed by atoms with Gasteiger partial charge in [0.05, 0.1) is 24.8 Å². The van der Waals surface area contributed by atoms with Gasteiger partial charge in [-0.3, -0.25) is 0 Å². The van der Waals surface area contributed by atoms with Gasteiger partial charge in [-0.25, -0.2) is 4.98 Å². The number of hydrogen-bond donors (Lipinski definition) is 1. The number of benzene rings is 1. The lowest BCUT2D eigenvalue weighted by Gasteiger charge is -2.10. The van der Waals surface area contributed by atoms with Gasteiger partial charge in [0.1, 0.15) is 16.9 Å². The fraction of sp³-hybridized carbons (Fsp3) is 0.150. The lowest BCUT2D eigenvalue weighted by Crippen LogP contribution is -2.06. The number of halogens is 1. The quantitative estimate of drug-likeness (QED) is 0.715. The molecule has 0 saturated heterocycles. The Labute approximate surface area is 156 Å². The summed E-state index contributed by atoms with van der Waals surface area (Å²) in [6.07, 6.45) is 1.64. The molecule has 3 rings (SSSR count). The van der Waals surface area contributed by atoms with E-state index in [0.29, 0.717) is 23.4 Å². The first-order valence-electron chi connectivity index (χ1n) is 7.92. The van der Waals surface area contributed by atoms with Crippen molar-refractivity contribution in [1.29, 1.82) is 10.5 Å². The summed E-state index contributed by atoms with van der Waals surface area (Å²) in [5, 5.41) is 28.3. The summed E-state index contributed by atoms with van der Waals surface area (Å²) in [5.74, 6) is 0. The highest BCUT2D eigenvalue weighted by molar-refractivity contribution is 6.30. The maximum absolute atomic E-state index is 9.70. The van der Waals surface area contributed by atoms with E-state index in [0.717, 1.165) is 22.4 Å². The Morgan fingerprint density at radius 2 is 1.88 bits per heavy atom. The second-order valence-corrected chi connectivity index (χ2v) is 6.24. The highest BCUT2D eigenvalue weighted by Gasteiger charge is 2.15. The monoisotopic (exact) mass is 362 g/mol. The van der Waals surface area contributed by atoms with Crippen molar-refractivity contribution in [3.05, 3.63) is 75.8 Å². The molecule has 0 bridgehead atoms. The maximum Gasteiger partial charge on any atom is 0.134 e. The van der Waals surface area contributed by atoms with Crippen LogP contribution >= 0.6 is 11.6 Å². The molecule has 0 radical (unpaired) electrons. The Kier molecular flexibility index (Phi) is 5.04. The number of aryl methyl sites for hydroxylation is 1. The summed E-state index contributed by atoms with van der Waals surface area (Å²) in [4.78, 5) is 4.09. The number of hydrogen-bond acceptors (Lipinski definition) is 4. The average molecular weight is 363 g/mol. The van der Waals surface area contributed by atoms with Crippen LogP contribution in [-0.2, 0) is 13.2 Å². The Morgan fingerprint density at radius 1 is 1.15 bits per heavy atom. The van der Waals surface area contributed by atoms with Crippen molar-refractivity contribution >= 4 is 11.6 Å². The SMILES string of the molecule is Cc1cc(-c2ccc(C#N)cc2)c(C#N)n1Cc1cnc(Cl)c(CO)c1. The molecule has 1 aromatic carbocycles. The minimum Gasteiger partial charge on any atom is -0.392 e. The van der Waals surface area contributed by atoms with E-state index in [-0.39, 0.29) is 11.8 Å². The van der Waals surface area contributed by atoms with Crippen LogP contribution in [0.4, 0.5) is 0 Å². The first-order valence-corrected chi connectivity index (χ1v) is 8.30. The summed E-state index contributed by atoms with van der Waals surface area (Å²) in [7, 11) is 0. The van der Waals surface area contributed by atoms with Crippen LogP contribution in [0.1, 0.15) is 28.1 Å². The van der Waals surface area contributed by atoms with Gasteiger partial charge in [0, 0.05) is 23.0 Å². The Bertz CT molecular complexity index is 1040. The molecule has 0 aliphatic heterocycles. The Morgan fingerprint density at radius 3 is 2.50 bits per heavy atom. The van der Waals surface area contributed by atoms with Crippen molar-refractivity contribution in [3.63, 3.8) is 0 Å². The zero-order chi connectivity index (χ0) is 18.7. The van der Waals surface area contributed by atoms with Gasteiger partial charge >= 0.3 is 0 Å². The molecule has 0 atom stereocenters. The molecule has 2 heterocycles. The number of rotatable bonds is 4. The molecule has 0 spiro atoms. The molecular formula is C20H15ClN4O. The molecule has 3 aromatic rings. The first kappa shape index (κ1) is 17.7. The van der Waals surface area contributed by atoms with E-state index in [4.69, 9.17) is 16.9 Å². The lowest BCUT2D eigenvalue weighted by molar-refractivity contribution is 0.281. The van der Waals surface area contributed by atoms with E-state index >= 15 is 0 Å². The zero-order valence-corrected chi connectivity index (χ0v) is 14.8. The molecule has 0 amide bonds. The third-order valence-electron chi connectivity index (χ3n) is 4.21. The number of nitriles is 2. The molecule has 0 saturated carbocycles. The third-order valence-corrected chi connectivity index (χ3v) is 4.55. The highest BCUT2D eigenvalue weighted by Crippen LogP contribution is 2.28. The van der Waals surface area contributed by atoms with Gasteiger partial charge < -0.3 is 9.67 Å². The van der Waals surface area contributed by atoms with Crippen molar-refractivity contribution < 1.29 is 5.11 Å². The number of nitrogens with zero attached hydrogens (tertiary/aromatic N) is 4. The number of aromatic nitrogens is 2. The van der Waals surface area contributed by atoms with Crippen LogP contribution in [0.25, 0.3) is 11.1 Å². The van der Waals surface area contributed by atoms with Crippen LogP contribution in [0, 0.1) is 29.6 Å². The van der Waals surface area contributed by atoms with Crippen LogP contribution < -0.4 is 0 Å². The average Bonchev–Trinajstić information content (AvgIpc) is 2.98. The van der Waals surface area contributed by atoms with Crippen LogP contribution in [-0.4, -0.2) is 14.7 Å². The van der Waals surface area contributed by atoms with Gasteiger partial charge in [-0.2, -0.15) is 10.5 Å². The van der Waals surface area contributed by atoms with E-state index < -0.39 is 0 Å². The van der Waals surface area contributed by atoms with Crippen LogP contribution in [0.5, 0.6) is 0 Å². The van der Waals surface area contributed by atoms with E-state index in [1.807, 2.05) is 29.7 Å². The predicted octanol–water partition coefficient (Wildman–Crippen LogP) is 3.80. The highest BCUT2D eigenvalue weighted by atomic mass is 35.5. The van der Waals surface area contributed by atoms with Gasteiger partial charge in [-0.15, -0.1) is 0 Å². The minimum atomic E-state index is -0.189. The fourth-order valence-electron chi connectivity index (χ4n) is 2.87. The van der Waals surface area contributed by atoms with Crippen molar-refractivity contribution in [2.45, 2.75) is 20.1 Å². The third kappa shape index (κ3) is 3.32. The Balaban J connectivity index is 2.02. The molecule has 0 fully saturated rings. The van der Waals surface area contributed by atoms with Crippen LogP contribution in [0.2, 0.25) is 5.15 Å². The fourth-order valence-corrected chi connectivity index (χ4v) is 3.03. The maximum atomic E-state index is 9.70.